The van der Waals surface area contributed by atoms with Gasteiger partial charge in [0.05, 0.1) is 0 Å². The zero-order valence-corrected chi connectivity index (χ0v) is 15.0. The molecular weight excluding hydrogens is 310 g/mol. The maximum Gasteiger partial charge on any atom is 0.162 e. The van der Waals surface area contributed by atoms with Gasteiger partial charge in [-0.2, -0.15) is 0 Å². The molecule has 0 amide bonds. The van der Waals surface area contributed by atoms with Crippen LogP contribution in [0.4, 0.5) is 5.82 Å². The number of hydrogen-bond acceptors (Lipinski definition) is 4. The van der Waals surface area contributed by atoms with Gasteiger partial charge in [-0.1, -0.05) is 37.3 Å². The fraction of sp³-hybridized carbons (Fsp3) is 0.400. The molecule has 4 rings (SSSR count). The van der Waals surface area contributed by atoms with E-state index >= 15 is 0 Å². The van der Waals surface area contributed by atoms with Crippen molar-refractivity contribution in [2.24, 2.45) is 0 Å². The van der Waals surface area contributed by atoms with E-state index in [1.54, 1.807) is 0 Å². The molecule has 1 aliphatic heterocycles. The van der Waals surface area contributed by atoms with Crippen LogP contribution < -0.4 is 4.90 Å². The number of imidazole rings is 1. The molecule has 0 unspecified atom stereocenters. The Morgan fingerprint density at radius 1 is 0.920 bits per heavy atom. The molecule has 3 aromatic rings. The summed E-state index contributed by atoms with van der Waals surface area (Å²) in [5.41, 5.74) is 3.12. The Balaban J connectivity index is 1.77. The lowest BCUT2D eigenvalue weighted by Crippen LogP contribution is -2.44. The summed E-state index contributed by atoms with van der Waals surface area (Å²) >= 11 is 0. The minimum absolute atomic E-state index is 0.930. The second kappa shape index (κ2) is 6.84. The van der Waals surface area contributed by atoms with Crippen LogP contribution in [0, 0.1) is 0 Å². The number of fused-ring (bicyclic) bond motifs is 1. The highest BCUT2D eigenvalue weighted by atomic mass is 15.3. The van der Waals surface area contributed by atoms with Gasteiger partial charge < -0.3 is 14.4 Å². The Morgan fingerprint density at radius 3 is 2.40 bits per heavy atom. The normalized spacial score (nSPS) is 15.8. The van der Waals surface area contributed by atoms with Crippen molar-refractivity contribution in [1.82, 2.24) is 19.4 Å². The second-order valence-electron chi connectivity index (χ2n) is 6.76. The summed E-state index contributed by atoms with van der Waals surface area (Å²) in [7, 11) is 2.18. The molecule has 5 nitrogen and oxygen atoms in total. The van der Waals surface area contributed by atoms with Crippen molar-refractivity contribution >= 4 is 17.0 Å². The smallest absolute Gasteiger partial charge is 0.162 e. The van der Waals surface area contributed by atoms with Gasteiger partial charge in [0.25, 0.3) is 0 Å². The van der Waals surface area contributed by atoms with Gasteiger partial charge in [0.2, 0.25) is 0 Å². The Labute approximate surface area is 148 Å². The fourth-order valence-electron chi connectivity index (χ4n) is 3.45. The van der Waals surface area contributed by atoms with Crippen molar-refractivity contribution in [2.75, 3.05) is 38.1 Å². The van der Waals surface area contributed by atoms with Crippen LogP contribution in [0.15, 0.2) is 42.5 Å². The molecule has 0 bridgehead atoms. The number of piperazine rings is 1. The molecule has 1 saturated heterocycles. The van der Waals surface area contributed by atoms with Crippen LogP contribution in [0.2, 0.25) is 0 Å². The third-order valence-electron chi connectivity index (χ3n) is 4.88. The summed E-state index contributed by atoms with van der Waals surface area (Å²) < 4.78 is 2.27. The number of benzene rings is 1. The van der Waals surface area contributed by atoms with E-state index in [1.807, 2.05) is 6.07 Å². The van der Waals surface area contributed by atoms with E-state index in [2.05, 4.69) is 64.7 Å². The maximum atomic E-state index is 5.00. The number of likely N-dealkylation sites (N-methyl/N-ethyl adjacent to an activating group) is 1. The lowest BCUT2D eigenvalue weighted by molar-refractivity contribution is 0.312. The van der Waals surface area contributed by atoms with Gasteiger partial charge in [0, 0.05) is 38.3 Å². The van der Waals surface area contributed by atoms with Crippen LogP contribution in [0.1, 0.15) is 13.3 Å². The van der Waals surface area contributed by atoms with Gasteiger partial charge in [-0.25, -0.2) is 9.97 Å². The zero-order chi connectivity index (χ0) is 17.2. The highest BCUT2D eigenvalue weighted by Gasteiger charge is 2.18. The zero-order valence-electron chi connectivity index (χ0n) is 15.0. The molecule has 5 heteroatoms. The first-order valence-electron chi connectivity index (χ1n) is 9.12. The molecule has 0 atom stereocenters. The predicted molar refractivity (Wildman–Crippen MR) is 103 cm³/mol. The first-order chi connectivity index (χ1) is 12.3. The molecule has 0 aliphatic carbocycles. The fourth-order valence-corrected chi connectivity index (χ4v) is 3.45. The summed E-state index contributed by atoms with van der Waals surface area (Å²) in [6.45, 7) is 7.36. The monoisotopic (exact) mass is 335 g/mol. The van der Waals surface area contributed by atoms with Crippen LogP contribution in [0.3, 0.4) is 0 Å². The van der Waals surface area contributed by atoms with E-state index in [9.17, 15) is 0 Å². The summed E-state index contributed by atoms with van der Waals surface area (Å²) in [6, 6.07) is 14.6. The number of hydrogen-bond donors (Lipinski definition) is 0. The van der Waals surface area contributed by atoms with E-state index in [-0.39, 0.29) is 0 Å². The van der Waals surface area contributed by atoms with Gasteiger partial charge in [0.15, 0.2) is 5.65 Å². The molecule has 1 fully saturated rings. The van der Waals surface area contributed by atoms with Crippen LogP contribution >= 0.6 is 0 Å². The van der Waals surface area contributed by atoms with Crippen LogP contribution in [0.5, 0.6) is 0 Å². The van der Waals surface area contributed by atoms with E-state index in [4.69, 9.17) is 9.97 Å². The van der Waals surface area contributed by atoms with Crippen molar-refractivity contribution < 1.29 is 0 Å². The van der Waals surface area contributed by atoms with E-state index in [0.29, 0.717) is 0 Å². The molecule has 0 saturated carbocycles. The Morgan fingerprint density at radius 2 is 1.68 bits per heavy atom. The largest absolute Gasteiger partial charge is 0.354 e. The number of aromatic nitrogens is 3. The summed E-state index contributed by atoms with van der Waals surface area (Å²) in [5.74, 6) is 2.08. The topological polar surface area (TPSA) is 37.2 Å². The molecule has 1 aromatic carbocycles. The van der Waals surface area contributed by atoms with E-state index < -0.39 is 0 Å². The Bertz CT molecular complexity index is 847. The van der Waals surface area contributed by atoms with Crippen LogP contribution in [-0.2, 0) is 6.54 Å². The number of pyridine rings is 1. The number of rotatable bonds is 4. The van der Waals surface area contributed by atoms with Crippen molar-refractivity contribution in [3.8, 4) is 11.4 Å². The lowest BCUT2D eigenvalue weighted by atomic mass is 10.2. The average Bonchev–Trinajstić information content (AvgIpc) is 3.01. The van der Waals surface area contributed by atoms with Crippen molar-refractivity contribution in [3.63, 3.8) is 0 Å². The lowest BCUT2D eigenvalue weighted by Gasteiger charge is -2.33. The van der Waals surface area contributed by atoms with Crippen molar-refractivity contribution in [1.29, 1.82) is 0 Å². The first kappa shape index (κ1) is 16.1. The number of anilines is 1. The number of nitrogens with zero attached hydrogens (tertiary/aromatic N) is 5. The van der Waals surface area contributed by atoms with Gasteiger partial charge in [-0.3, -0.25) is 0 Å². The second-order valence-corrected chi connectivity index (χ2v) is 6.76. The predicted octanol–water partition coefficient (Wildman–Crippen LogP) is 3.26. The van der Waals surface area contributed by atoms with E-state index in [0.717, 1.165) is 67.5 Å². The SMILES string of the molecule is CCCn1c(-c2ccccc2)nc2ccc(N3CCN(C)CC3)nc21. The molecule has 2 aromatic heterocycles. The van der Waals surface area contributed by atoms with Crippen LogP contribution in [-0.4, -0.2) is 52.7 Å². The highest BCUT2D eigenvalue weighted by Crippen LogP contribution is 2.26. The molecule has 0 radical (unpaired) electrons. The number of aryl methyl sites for hydroxylation is 1. The molecular formula is C20H25N5. The first-order valence-corrected chi connectivity index (χ1v) is 9.12. The van der Waals surface area contributed by atoms with Gasteiger partial charge in [-0.05, 0) is 25.6 Å². The Hall–Kier alpha value is -2.40. The van der Waals surface area contributed by atoms with Crippen molar-refractivity contribution in [3.05, 3.63) is 42.5 Å². The third-order valence-corrected chi connectivity index (χ3v) is 4.88. The molecule has 3 heterocycles. The average molecular weight is 335 g/mol. The quantitative estimate of drug-likeness (QED) is 0.733. The molecule has 0 spiro atoms. The molecule has 130 valence electrons. The van der Waals surface area contributed by atoms with E-state index in [1.165, 1.54) is 0 Å². The standard InChI is InChI=1S/C20H25N5/c1-3-11-25-19(16-7-5-4-6-8-16)21-17-9-10-18(22-20(17)25)24-14-12-23(2)13-15-24/h4-10H,3,11-15H2,1-2H3. The van der Waals surface area contributed by atoms with Crippen LogP contribution in [0.25, 0.3) is 22.6 Å². The molecule has 1 aliphatic rings. The minimum atomic E-state index is 0.930. The maximum absolute atomic E-state index is 5.00. The van der Waals surface area contributed by atoms with Gasteiger partial charge in [0.1, 0.15) is 17.2 Å². The Kier molecular flexibility index (Phi) is 4.40. The molecule has 0 N–H and O–H groups in total. The van der Waals surface area contributed by atoms with Crippen molar-refractivity contribution in [2.45, 2.75) is 19.9 Å². The van der Waals surface area contributed by atoms with Gasteiger partial charge in [-0.15, -0.1) is 0 Å². The van der Waals surface area contributed by atoms with Gasteiger partial charge >= 0.3 is 0 Å². The third kappa shape index (κ3) is 3.12. The summed E-state index contributed by atoms with van der Waals surface area (Å²) in [5, 5.41) is 0. The summed E-state index contributed by atoms with van der Waals surface area (Å²) in [6.07, 6.45) is 1.06. The molecule has 25 heavy (non-hydrogen) atoms. The minimum Gasteiger partial charge on any atom is -0.354 e. The summed E-state index contributed by atoms with van der Waals surface area (Å²) in [4.78, 5) is 14.6. The highest BCUT2D eigenvalue weighted by molar-refractivity contribution is 5.79.